The Kier molecular flexibility index (Phi) is 7.43. The molecule has 1 saturated carbocycles. The van der Waals surface area contributed by atoms with Gasteiger partial charge in [0, 0.05) is 13.5 Å². The van der Waals surface area contributed by atoms with Crippen LogP contribution in [0.3, 0.4) is 0 Å². The van der Waals surface area contributed by atoms with Crippen molar-refractivity contribution in [3.8, 4) is 0 Å². The molecule has 1 heterocycles. The van der Waals surface area contributed by atoms with Crippen molar-refractivity contribution in [3.63, 3.8) is 0 Å². The summed E-state index contributed by atoms with van der Waals surface area (Å²) in [6.45, 7) is 2.70. The normalized spacial score (nSPS) is 20.2. The van der Waals surface area contributed by atoms with Gasteiger partial charge in [0.25, 0.3) is 0 Å². The van der Waals surface area contributed by atoms with Gasteiger partial charge in [-0.15, -0.1) is 0 Å². The highest BCUT2D eigenvalue weighted by Crippen LogP contribution is 2.33. The fourth-order valence-corrected chi connectivity index (χ4v) is 4.27. The van der Waals surface area contributed by atoms with E-state index >= 15 is 0 Å². The van der Waals surface area contributed by atoms with Crippen LogP contribution in [0.1, 0.15) is 56.8 Å². The molecule has 0 unspecified atom stereocenters. The van der Waals surface area contributed by atoms with E-state index in [1.165, 1.54) is 25.7 Å². The Labute approximate surface area is 166 Å². The second kappa shape index (κ2) is 10.0. The second-order valence-electron chi connectivity index (χ2n) is 7.96. The van der Waals surface area contributed by atoms with E-state index in [0.717, 1.165) is 12.8 Å². The third kappa shape index (κ3) is 5.11. The minimum atomic E-state index is -0.552. The first-order valence-corrected chi connectivity index (χ1v) is 10.5. The molecule has 0 saturated heterocycles. The van der Waals surface area contributed by atoms with Crippen LogP contribution in [0.25, 0.3) is 10.8 Å². The van der Waals surface area contributed by atoms with Crippen molar-refractivity contribution in [1.29, 1.82) is 0 Å². The lowest BCUT2D eigenvalue weighted by atomic mass is 9.79. The highest BCUT2D eigenvalue weighted by molar-refractivity contribution is 5.82. The first-order chi connectivity index (χ1) is 13.6. The maximum absolute atomic E-state index is 15.0. The van der Waals surface area contributed by atoms with Crippen molar-refractivity contribution in [2.24, 2.45) is 11.8 Å². The summed E-state index contributed by atoms with van der Waals surface area (Å²) < 4.78 is 25.3. The molecule has 0 N–H and O–H groups in total. The standard InChI is InChI=1S/C24H31FO3/c1-3-5-21-16-20-14-13-19(23(25)22(20)24(26)28-21)12-11-18-9-7-17(8-10-18)6-4-15-27-2/h4,6,13-14,16-18H,3,5,7-12,15H2,1-2H3/b6-4+. The summed E-state index contributed by atoms with van der Waals surface area (Å²) in [4.78, 5) is 12.3. The number of fused-ring (bicyclic) bond motifs is 1. The van der Waals surface area contributed by atoms with E-state index in [0.29, 0.717) is 48.0 Å². The number of halogens is 1. The van der Waals surface area contributed by atoms with Crippen LogP contribution in [-0.2, 0) is 17.6 Å². The number of benzene rings is 1. The van der Waals surface area contributed by atoms with Crippen molar-refractivity contribution in [3.05, 3.63) is 57.9 Å². The minimum absolute atomic E-state index is 0.101. The van der Waals surface area contributed by atoms with E-state index in [1.807, 2.05) is 19.1 Å². The average molecular weight is 387 g/mol. The number of hydrogen-bond donors (Lipinski definition) is 0. The van der Waals surface area contributed by atoms with Crippen LogP contribution >= 0.6 is 0 Å². The summed E-state index contributed by atoms with van der Waals surface area (Å²) in [6.07, 6.45) is 12.3. The summed E-state index contributed by atoms with van der Waals surface area (Å²) in [6, 6.07) is 5.50. The quantitative estimate of drug-likeness (QED) is 0.536. The van der Waals surface area contributed by atoms with Gasteiger partial charge in [0.15, 0.2) is 0 Å². The van der Waals surface area contributed by atoms with Crippen LogP contribution in [0.2, 0.25) is 0 Å². The van der Waals surface area contributed by atoms with Gasteiger partial charge in [0.2, 0.25) is 0 Å². The van der Waals surface area contributed by atoms with E-state index in [1.54, 1.807) is 13.2 Å². The van der Waals surface area contributed by atoms with E-state index in [9.17, 15) is 9.18 Å². The number of hydrogen-bond acceptors (Lipinski definition) is 3. The average Bonchev–Trinajstić information content (AvgIpc) is 2.69. The molecule has 28 heavy (non-hydrogen) atoms. The van der Waals surface area contributed by atoms with Gasteiger partial charge in [-0.1, -0.05) is 31.2 Å². The van der Waals surface area contributed by atoms with Crippen molar-refractivity contribution in [2.75, 3.05) is 13.7 Å². The van der Waals surface area contributed by atoms with E-state index < -0.39 is 11.4 Å². The number of allylic oxidation sites excluding steroid dienone is 1. The van der Waals surface area contributed by atoms with Gasteiger partial charge in [-0.2, -0.15) is 0 Å². The Bertz CT molecular complexity index is 860. The molecule has 1 aromatic heterocycles. The smallest absolute Gasteiger partial charge is 0.346 e. The summed E-state index contributed by atoms with van der Waals surface area (Å²) in [5.74, 6) is 1.50. The van der Waals surface area contributed by atoms with Gasteiger partial charge in [0.05, 0.1) is 6.61 Å². The fourth-order valence-electron chi connectivity index (χ4n) is 4.27. The van der Waals surface area contributed by atoms with Crippen LogP contribution in [0.5, 0.6) is 0 Å². The van der Waals surface area contributed by atoms with E-state index in [4.69, 9.17) is 9.15 Å². The van der Waals surface area contributed by atoms with Crippen molar-refractivity contribution in [1.82, 2.24) is 0 Å². The number of aryl methyl sites for hydroxylation is 2. The maximum Gasteiger partial charge on any atom is 0.346 e. The predicted molar refractivity (Wildman–Crippen MR) is 111 cm³/mol. The topological polar surface area (TPSA) is 39.4 Å². The molecule has 3 rings (SSSR count). The third-order valence-corrected chi connectivity index (χ3v) is 5.88. The van der Waals surface area contributed by atoms with Gasteiger partial charge in [0.1, 0.15) is 17.0 Å². The Morgan fingerprint density at radius 1 is 1.21 bits per heavy atom. The fraction of sp³-hybridized carbons (Fsp3) is 0.542. The van der Waals surface area contributed by atoms with Gasteiger partial charge < -0.3 is 9.15 Å². The molecule has 0 spiro atoms. The summed E-state index contributed by atoms with van der Waals surface area (Å²) >= 11 is 0. The molecule has 1 fully saturated rings. The first-order valence-electron chi connectivity index (χ1n) is 10.5. The Balaban J connectivity index is 1.62. The van der Waals surface area contributed by atoms with Crippen molar-refractivity contribution < 1.29 is 13.5 Å². The zero-order chi connectivity index (χ0) is 19.9. The predicted octanol–water partition coefficient (Wildman–Crippen LogP) is 5.83. The minimum Gasteiger partial charge on any atom is -0.427 e. The van der Waals surface area contributed by atoms with Crippen LogP contribution in [0.15, 0.2) is 39.6 Å². The summed E-state index contributed by atoms with van der Waals surface area (Å²) in [5.41, 5.74) is 0.0776. The molecule has 1 aliphatic rings. The first kappa shape index (κ1) is 20.8. The molecular weight excluding hydrogens is 355 g/mol. The molecule has 0 radical (unpaired) electrons. The van der Waals surface area contributed by atoms with Gasteiger partial charge in [-0.3, -0.25) is 0 Å². The molecule has 0 atom stereocenters. The van der Waals surface area contributed by atoms with E-state index in [2.05, 4.69) is 12.2 Å². The molecule has 0 bridgehead atoms. The van der Waals surface area contributed by atoms with E-state index in [-0.39, 0.29) is 5.39 Å². The lowest BCUT2D eigenvalue weighted by Crippen LogP contribution is -2.14. The number of ether oxygens (including phenoxy) is 1. The zero-order valence-electron chi connectivity index (χ0n) is 17.0. The Morgan fingerprint density at radius 3 is 2.71 bits per heavy atom. The van der Waals surface area contributed by atoms with Crippen molar-refractivity contribution >= 4 is 10.8 Å². The molecule has 1 aliphatic carbocycles. The van der Waals surface area contributed by atoms with Crippen LogP contribution < -0.4 is 5.63 Å². The highest BCUT2D eigenvalue weighted by atomic mass is 19.1. The second-order valence-corrected chi connectivity index (χ2v) is 7.96. The summed E-state index contributed by atoms with van der Waals surface area (Å²) in [5, 5.41) is 0.744. The number of rotatable bonds is 8. The third-order valence-electron chi connectivity index (χ3n) is 5.88. The largest absolute Gasteiger partial charge is 0.427 e. The van der Waals surface area contributed by atoms with Gasteiger partial charge in [-0.05, 0) is 73.8 Å². The molecule has 152 valence electrons. The Hall–Kier alpha value is -1.94. The van der Waals surface area contributed by atoms with Crippen LogP contribution in [0.4, 0.5) is 4.39 Å². The molecular formula is C24H31FO3. The molecule has 2 aromatic rings. The number of methoxy groups -OCH3 is 1. The highest BCUT2D eigenvalue weighted by Gasteiger charge is 2.20. The Morgan fingerprint density at radius 2 is 2.00 bits per heavy atom. The summed E-state index contributed by atoms with van der Waals surface area (Å²) in [7, 11) is 1.71. The lowest BCUT2D eigenvalue weighted by molar-refractivity contribution is 0.232. The SMILES string of the molecule is CCCc1cc2ccc(CCC3CCC(/C=C/COC)CC3)c(F)c2c(=O)o1. The molecule has 0 aliphatic heterocycles. The maximum atomic E-state index is 15.0. The lowest BCUT2D eigenvalue weighted by Gasteiger charge is -2.26. The van der Waals surface area contributed by atoms with Crippen LogP contribution in [-0.4, -0.2) is 13.7 Å². The zero-order valence-corrected chi connectivity index (χ0v) is 17.0. The van der Waals surface area contributed by atoms with Gasteiger partial charge in [-0.25, -0.2) is 9.18 Å². The molecule has 0 amide bonds. The van der Waals surface area contributed by atoms with Crippen molar-refractivity contribution in [2.45, 2.75) is 58.3 Å². The van der Waals surface area contributed by atoms with Crippen LogP contribution in [0, 0.1) is 17.7 Å². The monoisotopic (exact) mass is 386 g/mol. The molecule has 3 nitrogen and oxygen atoms in total. The molecule has 4 heteroatoms. The molecule has 1 aromatic carbocycles. The van der Waals surface area contributed by atoms with Gasteiger partial charge >= 0.3 is 5.63 Å².